The summed E-state index contributed by atoms with van der Waals surface area (Å²) in [6.45, 7) is 0.456. The number of nitrogens with zero attached hydrogens (tertiary/aromatic N) is 3. The van der Waals surface area contributed by atoms with Crippen LogP contribution in [0.25, 0.3) is 11.0 Å². The van der Waals surface area contributed by atoms with Crippen LogP contribution in [0.4, 0.5) is 0 Å². The molecule has 6 nitrogen and oxygen atoms in total. The lowest BCUT2D eigenvalue weighted by Gasteiger charge is -2.09. The Kier molecular flexibility index (Phi) is 4.42. The van der Waals surface area contributed by atoms with Crippen LogP contribution >= 0.6 is 0 Å². The van der Waals surface area contributed by atoms with Gasteiger partial charge in [-0.1, -0.05) is 18.2 Å². The van der Waals surface area contributed by atoms with Crippen LogP contribution in [-0.4, -0.2) is 27.0 Å². The molecule has 1 N–H and O–H groups in total. The maximum atomic E-state index is 12.1. The molecule has 3 rings (SSSR count). The topological polar surface area (TPSA) is 76.9 Å². The molecule has 0 aliphatic carbocycles. The fraction of sp³-hybridized carbons (Fsp3) is 0.176. The van der Waals surface area contributed by atoms with Gasteiger partial charge in [0, 0.05) is 24.9 Å². The summed E-state index contributed by atoms with van der Waals surface area (Å²) in [6.07, 6.45) is 3.61. The minimum Gasteiger partial charge on any atom is -0.354 e. The summed E-state index contributed by atoms with van der Waals surface area (Å²) in [5, 5.41) is 2.81. The molecule has 2 heterocycles. The number of rotatable bonds is 5. The molecule has 0 saturated heterocycles. The van der Waals surface area contributed by atoms with Gasteiger partial charge < -0.3 is 5.32 Å². The van der Waals surface area contributed by atoms with Crippen LogP contribution in [0.3, 0.4) is 0 Å². The van der Waals surface area contributed by atoms with E-state index < -0.39 is 0 Å². The molecule has 2 aromatic heterocycles. The van der Waals surface area contributed by atoms with E-state index in [1.807, 2.05) is 36.4 Å². The highest BCUT2D eigenvalue weighted by Crippen LogP contribution is 2.07. The van der Waals surface area contributed by atoms with Crippen molar-refractivity contribution in [2.75, 3.05) is 6.54 Å². The minimum absolute atomic E-state index is 0.0237. The first kappa shape index (κ1) is 14.9. The Bertz CT molecular complexity index is 874. The third kappa shape index (κ3) is 3.60. The third-order valence-electron chi connectivity index (χ3n) is 3.48. The molecule has 116 valence electrons. The fourth-order valence-corrected chi connectivity index (χ4v) is 2.35. The molecule has 0 aliphatic rings. The Balaban J connectivity index is 1.66. The summed E-state index contributed by atoms with van der Waals surface area (Å²) in [5.41, 5.74) is 1.97. The first-order valence-electron chi connectivity index (χ1n) is 7.35. The van der Waals surface area contributed by atoms with E-state index in [4.69, 9.17) is 0 Å². The molecule has 0 bridgehead atoms. The lowest BCUT2D eigenvalue weighted by atomic mass is 10.2. The van der Waals surface area contributed by atoms with Crippen LogP contribution in [0.5, 0.6) is 0 Å². The summed E-state index contributed by atoms with van der Waals surface area (Å²) in [7, 11) is 0. The lowest BCUT2D eigenvalue weighted by Crippen LogP contribution is -2.33. The summed E-state index contributed by atoms with van der Waals surface area (Å²) >= 11 is 0. The fourth-order valence-electron chi connectivity index (χ4n) is 2.35. The van der Waals surface area contributed by atoms with Gasteiger partial charge in [-0.05, 0) is 24.3 Å². The van der Waals surface area contributed by atoms with E-state index in [-0.39, 0.29) is 18.0 Å². The Morgan fingerprint density at radius 1 is 1.09 bits per heavy atom. The molecule has 0 aliphatic heterocycles. The number of benzene rings is 1. The average Bonchev–Trinajstić information content (AvgIpc) is 2.58. The summed E-state index contributed by atoms with van der Waals surface area (Å²) in [5.74, 6) is -0.209. The van der Waals surface area contributed by atoms with Gasteiger partial charge in [-0.3, -0.25) is 19.1 Å². The molecule has 0 spiro atoms. The van der Waals surface area contributed by atoms with Crippen molar-refractivity contribution in [3.05, 3.63) is 70.9 Å². The van der Waals surface area contributed by atoms with Crippen LogP contribution in [0.15, 0.2) is 59.7 Å². The van der Waals surface area contributed by atoms with E-state index in [2.05, 4.69) is 15.3 Å². The van der Waals surface area contributed by atoms with Crippen LogP contribution in [0.1, 0.15) is 5.69 Å². The van der Waals surface area contributed by atoms with Crippen molar-refractivity contribution in [1.82, 2.24) is 19.9 Å². The summed E-state index contributed by atoms with van der Waals surface area (Å²) in [6, 6.07) is 12.9. The van der Waals surface area contributed by atoms with Crippen molar-refractivity contribution in [2.45, 2.75) is 13.0 Å². The zero-order valence-corrected chi connectivity index (χ0v) is 12.5. The first-order chi connectivity index (χ1) is 11.2. The van der Waals surface area contributed by atoms with Crippen molar-refractivity contribution in [2.24, 2.45) is 0 Å². The number of amides is 1. The molecule has 0 saturated carbocycles. The van der Waals surface area contributed by atoms with Crippen molar-refractivity contribution in [3.63, 3.8) is 0 Å². The molecular weight excluding hydrogens is 292 g/mol. The monoisotopic (exact) mass is 308 g/mol. The van der Waals surface area contributed by atoms with Crippen LogP contribution in [0.2, 0.25) is 0 Å². The van der Waals surface area contributed by atoms with Crippen LogP contribution in [-0.2, 0) is 17.8 Å². The molecule has 3 aromatic rings. The molecule has 0 fully saturated rings. The maximum Gasteiger partial charge on any atom is 0.269 e. The molecule has 23 heavy (non-hydrogen) atoms. The predicted octanol–water partition coefficient (Wildman–Crippen LogP) is 1.15. The second-order valence-electron chi connectivity index (χ2n) is 5.09. The van der Waals surface area contributed by atoms with Gasteiger partial charge in [0.1, 0.15) is 6.54 Å². The maximum absolute atomic E-state index is 12.1. The number of fused-ring (bicyclic) bond motifs is 1. The number of nitrogens with one attached hydrogen (secondary N) is 1. The van der Waals surface area contributed by atoms with E-state index in [1.54, 1.807) is 12.3 Å². The second-order valence-corrected chi connectivity index (χ2v) is 5.09. The minimum atomic E-state index is -0.288. The van der Waals surface area contributed by atoms with Gasteiger partial charge >= 0.3 is 0 Å². The van der Waals surface area contributed by atoms with E-state index >= 15 is 0 Å². The largest absolute Gasteiger partial charge is 0.354 e. The SMILES string of the molecule is O=C(Cn1c(=O)cnc2ccccc21)NCCc1ccccn1. The molecule has 0 atom stereocenters. The number of carbonyl (C=O) groups excluding carboxylic acids is 1. The normalized spacial score (nSPS) is 10.6. The zero-order valence-electron chi connectivity index (χ0n) is 12.5. The van der Waals surface area contributed by atoms with Gasteiger partial charge in [0.25, 0.3) is 5.56 Å². The van der Waals surface area contributed by atoms with Crippen molar-refractivity contribution < 1.29 is 4.79 Å². The highest BCUT2D eigenvalue weighted by atomic mass is 16.2. The first-order valence-corrected chi connectivity index (χ1v) is 7.35. The van der Waals surface area contributed by atoms with Gasteiger partial charge in [-0.25, -0.2) is 4.98 Å². The van der Waals surface area contributed by atoms with Crippen molar-refractivity contribution in [3.8, 4) is 0 Å². The number of hydrogen-bond donors (Lipinski definition) is 1. The van der Waals surface area contributed by atoms with E-state index in [1.165, 1.54) is 10.8 Å². The zero-order chi connectivity index (χ0) is 16.1. The number of carbonyl (C=O) groups is 1. The standard InChI is InChI=1S/C17H16N4O2/c22-16(19-10-8-13-5-3-4-9-18-13)12-21-15-7-2-1-6-14(15)20-11-17(21)23/h1-7,9,11H,8,10,12H2,(H,19,22). The van der Waals surface area contributed by atoms with Gasteiger partial charge in [-0.15, -0.1) is 0 Å². The summed E-state index contributed by atoms with van der Waals surface area (Å²) < 4.78 is 1.43. The summed E-state index contributed by atoms with van der Waals surface area (Å²) in [4.78, 5) is 32.3. The molecule has 1 aromatic carbocycles. The average molecular weight is 308 g/mol. The highest BCUT2D eigenvalue weighted by molar-refractivity contribution is 5.79. The number of aromatic nitrogens is 3. The van der Waals surface area contributed by atoms with Gasteiger partial charge in [0.15, 0.2) is 0 Å². The van der Waals surface area contributed by atoms with Gasteiger partial charge in [-0.2, -0.15) is 0 Å². The van der Waals surface area contributed by atoms with E-state index in [0.717, 1.165) is 5.69 Å². The Morgan fingerprint density at radius 3 is 2.74 bits per heavy atom. The second kappa shape index (κ2) is 6.83. The van der Waals surface area contributed by atoms with Crippen molar-refractivity contribution in [1.29, 1.82) is 0 Å². The van der Waals surface area contributed by atoms with E-state index in [9.17, 15) is 9.59 Å². The quantitative estimate of drug-likeness (QED) is 0.767. The molecule has 1 amide bonds. The number of pyridine rings is 1. The smallest absolute Gasteiger partial charge is 0.269 e. The highest BCUT2D eigenvalue weighted by Gasteiger charge is 2.08. The van der Waals surface area contributed by atoms with Gasteiger partial charge in [0.05, 0.1) is 17.2 Å². The van der Waals surface area contributed by atoms with Crippen LogP contribution in [0, 0.1) is 0 Å². The third-order valence-corrected chi connectivity index (χ3v) is 3.48. The Hall–Kier alpha value is -3.02. The molecule has 6 heteroatoms. The molecular formula is C17H16N4O2. The van der Waals surface area contributed by atoms with Crippen molar-refractivity contribution >= 4 is 16.9 Å². The van der Waals surface area contributed by atoms with Gasteiger partial charge in [0.2, 0.25) is 5.91 Å². The molecule has 0 unspecified atom stereocenters. The van der Waals surface area contributed by atoms with E-state index in [0.29, 0.717) is 24.0 Å². The Labute approximate surface area is 132 Å². The number of para-hydroxylation sites is 2. The van der Waals surface area contributed by atoms with Crippen LogP contribution < -0.4 is 10.9 Å². The molecule has 0 radical (unpaired) electrons. The Morgan fingerprint density at radius 2 is 1.91 bits per heavy atom. The number of hydrogen-bond acceptors (Lipinski definition) is 4. The predicted molar refractivity (Wildman–Crippen MR) is 87.0 cm³/mol. The lowest BCUT2D eigenvalue weighted by molar-refractivity contribution is -0.121.